The number of nitrogens with one attached hydrogen (secondary N) is 1. The van der Waals surface area contributed by atoms with Crippen molar-refractivity contribution in [2.45, 2.75) is 347 Å². The molecule has 0 aliphatic carbocycles. The Kier molecular flexibility index (Phi) is 56.5. The van der Waals surface area contributed by atoms with Crippen molar-refractivity contribution in [2.75, 3.05) is 13.2 Å². The highest BCUT2D eigenvalue weighted by Gasteiger charge is 2.20. The molecule has 0 aliphatic heterocycles. The minimum Gasteiger partial charge on any atom is -0.466 e. The van der Waals surface area contributed by atoms with Gasteiger partial charge in [-0.3, -0.25) is 9.59 Å². The topological polar surface area (TPSA) is 95.9 Å². The van der Waals surface area contributed by atoms with E-state index in [0.717, 1.165) is 44.9 Å². The zero-order valence-corrected chi connectivity index (χ0v) is 45.9. The monoisotopic (exact) mass is 958 g/mol. The Bertz CT molecular complexity index is 1060. The third-order valence-corrected chi connectivity index (χ3v) is 14.2. The predicted molar refractivity (Wildman–Crippen MR) is 296 cm³/mol. The van der Waals surface area contributed by atoms with Crippen molar-refractivity contribution in [1.82, 2.24) is 5.32 Å². The summed E-state index contributed by atoms with van der Waals surface area (Å²) in [7, 11) is 0. The van der Waals surface area contributed by atoms with Crippen LogP contribution < -0.4 is 5.32 Å². The Balaban J connectivity index is 3.38. The van der Waals surface area contributed by atoms with Crippen molar-refractivity contribution in [1.29, 1.82) is 0 Å². The Hall–Kier alpha value is -1.66. The first-order valence-electron chi connectivity index (χ1n) is 30.6. The molecule has 1 amide bonds. The van der Waals surface area contributed by atoms with Crippen molar-refractivity contribution < 1.29 is 24.5 Å². The average molecular weight is 959 g/mol. The molecule has 0 saturated heterocycles. The molecule has 0 aromatic heterocycles. The molecule has 0 radical (unpaired) electrons. The molecule has 2 atom stereocenters. The summed E-state index contributed by atoms with van der Waals surface area (Å²) in [5, 5.41) is 23.2. The summed E-state index contributed by atoms with van der Waals surface area (Å²) in [4.78, 5) is 24.5. The summed E-state index contributed by atoms with van der Waals surface area (Å²) >= 11 is 0. The summed E-state index contributed by atoms with van der Waals surface area (Å²) in [6, 6.07) is -0.541. The fourth-order valence-electron chi connectivity index (χ4n) is 9.51. The van der Waals surface area contributed by atoms with E-state index in [1.54, 1.807) is 0 Å². The smallest absolute Gasteiger partial charge is 0.305 e. The molecule has 3 N–H and O–H groups in total. The maximum absolute atomic E-state index is 12.5. The van der Waals surface area contributed by atoms with E-state index < -0.39 is 12.1 Å². The van der Waals surface area contributed by atoms with E-state index >= 15 is 0 Å². The van der Waals surface area contributed by atoms with Gasteiger partial charge >= 0.3 is 5.97 Å². The molecule has 68 heavy (non-hydrogen) atoms. The lowest BCUT2D eigenvalue weighted by atomic mass is 10.0. The lowest BCUT2D eigenvalue weighted by molar-refractivity contribution is -0.143. The molecule has 0 heterocycles. The normalized spacial score (nSPS) is 12.7. The second-order valence-corrected chi connectivity index (χ2v) is 21.0. The van der Waals surface area contributed by atoms with Crippen molar-refractivity contribution in [2.24, 2.45) is 0 Å². The van der Waals surface area contributed by atoms with Crippen LogP contribution in [0.25, 0.3) is 0 Å². The Morgan fingerprint density at radius 1 is 0.397 bits per heavy atom. The Morgan fingerprint density at radius 3 is 1.06 bits per heavy atom. The molecule has 0 aromatic carbocycles. The number of unbranched alkanes of at least 4 members (excludes halogenated alkanes) is 42. The van der Waals surface area contributed by atoms with E-state index in [0.29, 0.717) is 25.9 Å². The number of allylic oxidation sites excluding steroid dienone is 4. The number of aliphatic hydroxyl groups excluding tert-OH is 2. The van der Waals surface area contributed by atoms with E-state index in [1.165, 1.54) is 257 Å². The number of rotatable bonds is 57. The molecule has 0 fully saturated rings. The van der Waals surface area contributed by atoms with Crippen molar-refractivity contribution in [3.05, 3.63) is 24.3 Å². The third kappa shape index (κ3) is 53.7. The minimum absolute atomic E-state index is 0.00517. The third-order valence-electron chi connectivity index (χ3n) is 14.2. The van der Waals surface area contributed by atoms with E-state index in [9.17, 15) is 19.8 Å². The number of carbonyl (C=O) groups is 2. The molecular weight excluding hydrogens is 839 g/mol. The molecular formula is C62H119NO5. The molecule has 0 aliphatic rings. The largest absolute Gasteiger partial charge is 0.466 e. The Morgan fingerprint density at radius 2 is 0.691 bits per heavy atom. The van der Waals surface area contributed by atoms with Gasteiger partial charge in [0, 0.05) is 12.8 Å². The molecule has 0 aromatic rings. The molecule has 0 bridgehead atoms. The summed E-state index contributed by atoms with van der Waals surface area (Å²) in [5.74, 6) is -0.0312. The number of esters is 1. The van der Waals surface area contributed by atoms with E-state index in [1.807, 2.05) is 0 Å². The van der Waals surface area contributed by atoms with Crippen LogP contribution in [0.3, 0.4) is 0 Å². The van der Waals surface area contributed by atoms with Crippen LogP contribution in [0.4, 0.5) is 0 Å². The van der Waals surface area contributed by atoms with Crippen LogP contribution in [0.2, 0.25) is 0 Å². The van der Waals surface area contributed by atoms with Crippen LogP contribution in [0.5, 0.6) is 0 Å². The van der Waals surface area contributed by atoms with Gasteiger partial charge in [0.2, 0.25) is 5.91 Å². The number of ether oxygens (including phenoxy) is 1. The van der Waals surface area contributed by atoms with Gasteiger partial charge in [0.15, 0.2) is 0 Å². The lowest BCUT2D eigenvalue weighted by Gasteiger charge is -2.22. The average Bonchev–Trinajstić information content (AvgIpc) is 3.34. The van der Waals surface area contributed by atoms with Crippen LogP contribution in [-0.4, -0.2) is 47.4 Å². The molecule has 6 heteroatoms. The van der Waals surface area contributed by atoms with Crippen LogP contribution >= 0.6 is 0 Å². The van der Waals surface area contributed by atoms with Gasteiger partial charge in [-0.1, -0.05) is 269 Å². The highest BCUT2D eigenvalue weighted by molar-refractivity contribution is 5.76. The molecule has 0 rings (SSSR count). The number of carbonyl (C=O) groups excluding carboxylic acids is 2. The number of aliphatic hydroxyl groups is 2. The highest BCUT2D eigenvalue weighted by atomic mass is 16.5. The van der Waals surface area contributed by atoms with Crippen molar-refractivity contribution in [3.63, 3.8) is 0 Å². The molecule has 0 saturated carbocycles. The van der Waals surface area contributed by atoms with Crippen LogP contribution in [0, 0.1) is 0 Å². The first-order valence-corrected chi connectivity index (χ1v) is 30.6. The summed E-state index contributed by atoms with van der Waals surface area (Å²) in [6.45, 7) is 4.94. The summed E-state index contributed by atoms with van der Waals surface area (Å²) in [5.41, 5.74) is 0. The maximum atomic E-state index is 12.5. The quantitative estimate of drug-likeness (QED) is 0.0321. The van der Waals surface area contributed by atoms with Crippen LogP contribution in [0.15, 0.2) is 24.3 Å². The number of hydrogen-bond acceptors (Lipinski definition) is 5. The molecule has 2 unspecified atom stereocenters. The van der Waals surface area contributed by atoms with Gasteiger partial charge < -0.3 is 20.3 Å². The van der Waals surface area contributed by atoms with Gasteiger partial charge in [-0.2, -0.15) is 0 Å². The SMILES string of the molecule is CCCCCC/C=C\CCCCCCCC(=O)OCCCCCCCCCCCCCC/C=C\CCCCCCCCCCCCC(=O)NC(CO)C(O)CCCCCCCCCCCCCC. The fourth-order valence-corrected chi connectivity index (χ4v) is 9.51. The van der Waals surface area contributed by atoms with Crippen molar-refractivity contribution in [3.8, 4) is 0 Å². The first kappa shape index (κ1) is 66.3. The first-order chi connectivity index (χ1) is 33.5. The van der Waals surface area contributed by atoms with Crippen LogP contribution in [-0.2, 0) is 14.3 Å². The highest BCUT2D eigenvalue weighted by Crippen LogP contribution is 2.17. The van der Waals surface area contributed by atoms with E-state index in [-0.39, 0.29) is 18.5 Å². The van der Waals surface area contributed by atoms with Gasteiger partial charge in [0.25, 0.3) is 0 Å². The van der Waals surface area contributed by atoms with Crippen LogP contribution in [0.1, 0.15) is 335 Å². The van der Waals surface area contributed by atoms with Gasteiger partial charge in [0.1, 0.15) is 0 Å². The predicted octanol–water partition coefficient (Wildman–Crippen LogP) is 19.0. The second-order valence-electron chi connectivity index (χ2n) is 21.0. The van der Waals surface area contributed by atoms with Gasteiger partial charge in [-0.15, -0.1) is 0 Å². The van der Waals surface area contributed by atoms with Gasteiger partial charge in [-0.25, -0.2) is 0 Å². The zero-order valence-electron chi connectivity index (χ0n) is 45.9. The second kappa shape index (κ2) is 57.9. The maximum Gasteiger partial charge on any atom is 0.305 e. The molecule has 0 spiro atoms. The standard InChI is InChI=1S/C62H119NO5/c1-3-5-7-9-11-13-15-31-36-40-44-48-52-56-62(67)68-57-53-49-45-41-37-33-30-28-26-24-22-20-18-17-19-21-23-25-27-29-32-35-39-43-47-51-55-61(66)63-59(58-64)60(65)54-50-46-42-38-34-16-14-12-10-8-6-4-2/h13,15,17,19,59-60,64-65H,3-12,14,16,18,20-58H2,1-2H3,(H,63,66)/b15-13-,19-17-. The summed E-state index contributed by atoms with van der Waals surface area (Å²) < 4.78 is 5.47. The van der Waals surface area contributed by atoms with E-state index in [2.05, 4.69) is 43.5 Å². The van der Waals surface area contributed by atoms with Gasteiger partial charge in [-0.05, 0) is 77.0 Å². The van der Waals surface area contributed by atoms with E-state index in [4.69, 9.17) is 4.74 Å². The molecule has 402 valence electrons. The number of amides is 1. The molecule has 6 nitrogen and oxygen atoms in total. The lowest BCUT2D eigenvalue weighted by Crippen LogP contribution is -2.45. The zero-order chi connectivity index (χ0) is 49.3. The number of hydrogen-bond donors (Lipinski definition) is 3. The van der Waals surface area contributed by atoms with Gasteiger partial charge in [0.05, 0.1) is 25.4 Å². The summed E-state index contributed by atoms with van der Waals surface area (Å²) in [6.07, 6.45) is 70.5. The fraction of sp³-hybridized carbons (Fsp3) is 0.903. The Labute approximate surface area is 424 Å². The minimum atomic E-state index is -0.664. The van der Waals surface area contributed by atoms with Crippen molar-refractivity contribution >= 4 is 11.9 Å².